The molecule has 0 amide bonds. The van der Waals surface area contributed by atoms with E-state index in [9.17, 15) is 4.79 Å². The van der Waals surface area contributed by atoms with E-state index in [4.69, 9.17) is 9.47 Å². The number of hydrogen-bond donors (Lipinski definition) is 0. The quantitative estimate of drug-likeness (QED) is 0.290. The van der Waals surface area contributed by atoms with E-state index in [0.29, 0.717) is 23.5 Å². The lowest BCUT2D eigenvalue weighted by Gasteiger charge is -2.31. The Bertz CT molecular complexity index is 1330. The number of rotatable bonds is 5. The molecule has 4 heteroatoms. The average molecular weight is 499 g/mol. The highest BCUT2D eigenvalue weighted by molar-refractivity contribution is 9.10. The molecule has 0 saturated carbocycles. The first kappa shape index (κ1) is 21.5. The van der Waals surface area contributed by atoms with Crippen molar-refractivity contribution in [3.05, 3.63) is 118 Å². The van der Waals surface area contributed by atoms with Gasteiger partial charge in [0.15, 0.2) is 11.4 Å². The number of methoxy groups -OCH3 is 1. The molecular weight excluding hydrogens is 476 g/mol. The second-order valence-electron chi connectivity index (χ2n) is 8.19. The molecule has 1 aliphatic rings. The molecule has 33 heavy (non-hydrogen) atoms. The summed E-state index contributed by atoms with van der Waals surface area (Å²) in [6, 6.07) is 30.2. The van der Waals surface area contributed by atoms with Gasteiger partial charge in [0.25, 0.3) is 0 Å². The number of hydrogen-bond acceptors (Lipinski definition) is 3. The lowest BCUT2D eigenvalue weighted by Crippen LogP contribution is -2.27. The van der Waals surface area contributed by atoms with E-state index in [1.54, 1.807) is 14.0 Å². The predicted octanol–water partition coefficient (Wildman–Crippen LogP) is 7.28. The standard InChI is InChI=1S/C29H23BrO3/c1-19(31)25-18-29(20-11-5-3-6-12-20,21-13-7-4-8-14-21)33-28(25)24-17-26(30)22-15-9-10-16-23(22)27(24)32-2/h3-17H,18H2,1-2H3. The van der Waals surface area contributed by atoms with Crippen LogP contribution in [-0.4, -0.2) is 12.9 Å². The first-order valence-corrected chi connectivity index (χ1v) is 11.6. The zero-order chi connectivity index (χ0) is 23.0. The fraction of sp³-hybridized carbons (Fsp3) is 0.138. The van der Waals surface area contributed by atoms with Crippen LogP contribution < -0.4 is 4.74 Å². The Labute approximate surface area is 201 Å². The minimum absolute atomic E-state index is 0.00919. The number of ether oxygens (including phenoxy) is 2. The molecule has 0 spiro atoms. The summed E-state index contributed by atoms with van der Waals surface area (Å²) in [5.74, 6) is 1.25. The number of carbonyl (C=O) groups is 1. The molecule has 4 aromatic rings. The monoisotopic (exact) mass is 498 g/mol. The van der Waals surface area contributed by atoms with Crippen molar-refractivity contribution in [1.82, 2.24) is 0 Å². The van der Waals surface area contributed by atoms with Gasteiger partial charge < -0.3 is 9.47 Å². The number of ketones is 1. The Kier molecular flexibility index (Phi) is 5.55. The first-order valence-electron chi connectivity index (χ1n) is 10.8. The molecule has 0 unspecified atom stereocenters. The Balaban J connectivity index is 1.77. The SMILES string of the molecule is COc1c(C2=C(C(C)=O)CC(c3ccccc3)(c3ccccc3)O2)cc(Br)c2ccccc12. The van der Waals surface area contributed by atoms with Gasteiger partial charge in [-0.1, -0.05) is 101 Å². The third-order valence-corrected chi connectivity index (χ3v) is 6.93. The van der Waals surface area contributed by atoms with Gasteiger partial charge in [-0.15, -0.1) is 0 Å². The number of Topliss-reactive ketones (excluding diaryl/α,β-unsaturated/α-hetero) is 1. The van der Waals surface area contributed by atoms with E-state index in [2.05, 4.69) is 40.2 Å². The van der Waals surface area contributed by atoms with E-state index >= 15 is 0 Å². The Morgan fingerprint density at radius 3 is 1.97 bits per heavy atom. The topological polar surface area (TPSA) is 35.5 Å². The normalized spacial score (nSPS) is 14.9. The van der Waals surface area contributed by atoms with Crippen LogP contribution in [0.2, 0.25) is 0 Å². The second-order valence-corrected chi connectivity index (χ2v) is 9.04. The van der Waals surface area contributed by atoms with Gasteiger partial charge in [0.1, 0.15) is 11.5 Å². The summed E-state index contributed by atoms with van der Waals surface area (Å²) in [5, 5.41) is 2.00. The maximum absolute atomic E-state index is 12.9. The van der Waals surface area contributed by atoms with Crippen LogP contribution in [0.5, 0.6) is 5.75 Å². The van der Waals surface area contributed by atoms with Crippen LogP contribution in [-0.2, 0) is 15.1 Å². The largest absolute Gasteiger partial charge is 0.495 e. The van der Waals surface area contributed by atoms with E-state index in [0.717, 1.165) is 31.9 Å². The molecule has 0 aliphatic carbocycles. The van der Waals surface area contributed by atoms with Crippen LogP contribution in [0.25, 0.3) is 16.5 Å². The zero-order valence-corrected chi connectivity index (χ0v) is 20.1. The molecule has 4 aromatic carbocycles. The number of benzene rings is 4. The minimum Gasteiger partial charge on any atom is -0.495 e. The summed E-state index contributed by atoms with van der Waals surface area (Å²) >= 11 is 3.71. The van der Waals surface area contributed by atoms with Crippen molar-refractivity contribution in [2.24, 2.45) is 0 Å². The molecule has 0 atom stereocenters. The number of carbonyl (C=O) groups excluding carboxylic acids is 1. The molecule has 164 valence electrons. The maximum atomic E-state index is 12.9. The van der Waals surface area contributed by atoms with E-state index in [-0.39, 0.29) is 5.78 Å². The molecule has 0 bridgehead atoms. The Hall–Kier alpha value is -3.37. The zero-order valence-electron chi connectivity index (χ0n) is 18.5. The van der Waals surface area contributed by atoms with Crippen molar-refractivity contribution < 1.29 is 14.3 Å². The molecule has 0 fully saturated rings. The van der Waals surface area contributed by atoms with Crippen LogP contribution in [0.3, 0.4) is 0 Å². The molecule has 0 aromatic heterocycles. The predicted molar refractivity (Wildman–Crippen MR) is 135 cm³/mol. The van der Waals surface area contributed by atoms with E-state index in [1.807, 2.05) is 66.7 Å². The van der Waals surface area contributed by atoms with Crippen LogP contribution in [0.4, 0.5) is 0 Å². The smallest absolute Gasteiger partial charge is 0.163 e. The highest BCUT2D eigenvalue weighted by atomic mass is 79.9. The van der Waals surface area contributed by atoms with Gasteiger partial charge in [-0.3, -0.25) is 4.79 Å². The molecule has 3 nitrogen and oxygen atoms in total. The van der Waals surface area contributed by atoms with Crippen molar-refractivity contribution in [2.75, 3.05) is 7.11 Å². The van der Waals surface area contributed by atoms with Crippen LogP contribution in [0, 0.1) is 0 Å². The van der Waals surface area contributed by atoms with Gasteiger partial charge in [-0.2, -0.15) is 0 Å². The first-order chi connectivity index (χ1) is 16.0. The summed E-state index contributed by atoms with van der Waals surface area (Å²) < 4.78 is 13.7. The molecule has 0 saturated heterocycles. The Morgan fingerprint density at radius 1 is 0.879 bits per heavy atom. The summed E-state index contributed by atoms with van der Waals surface area (Å²) in [6.45, 7) is 1.60. The van der Waals surface area contributed by atoms with Crippen molar-refractivity contribution >= 4 is 38.2 Å². The number of fused-ring (bicyclic) bond motifs is 1. The van der Waals surface area contributed by atoms with Gasteiger partial charge in [0, 0.05) is 33.0 Å². The average Bonchev–Trinajstić information content (AvgIpc) is 3.28. The second kappa shape index (κ2) is 8.53. The van der Waals surface area contributed by atoms with E-state index < -0.39 is 5.60 Å². The summed E-state index contributed by atoms with van der Waals surface area (Å²) in [6.07, 6.45) is 0.444. The third kappa shape index (κ3) is 3.55. The third-order valence-electron chi connectivity index (χ3n) is 6.27. The van der Waals surface area contributed by atoms with Gasteiger partial charge >= 0.3 is 0 Å². The molecule has 1 aliphatic heterocycles. The van der Waals surface area contributed by atoms with Gasteiger partial charge in [0.2, 0.25) is 0 Å². The van der Waals surface area contributed by atoms with Crippen LogP contribution in [0.1, 0.15) is 30.0 Å². The van der Waals surface area contributed by atoms with Gasteiger partial charge in [0.05, 0.1) is 12.7 Å². The molecule has 1 heterocycles. The Morgan fingerprint density at radius 2 is 1.42 bits per heavy atom. The highest BCUT2D eigenvalue weighted by Gasteiger charge is 2.46. The lowest BCUT2D eigenvalue weighted by atomic mass is 9.82. The minimum atomic E-state index is -0.804. The van der Waals surface area contributed by atoms with Crippen molar-refractivity contribution in [3.8, 4) is 5.75 Å². The van der Waals surface area contributed by atoms with Gasteiger partial charge in [-0.25, -0.2) is 0 Å². The molecule has 5 rings (SSSR count). The molecular formula is C29H23BrO3. The van der Waals surface area contributed by atoms with Crippen molar-refractivity contribution in [1.29, 1.82) is 0 Å². The van der Waals surface area contributed by atoms with E-state index in [1.165, 1.54) is 0 Å². The summed E-state index contributed by atoms with van der Waals surface area (Å²) in [5.41, 5.74) is 2.62. The summed E-state index contributed by atoms with van der Waals surface area (Å²) in [7, 11) is 1.66. The van der Waals surface area contributed by atoms with Crippen molar-refractivity contribution in [2.45, 2.75) is 18.9 Å². The number of halogens is 1. The molecule has 0 N–H and O–H groups in total. The molecule has 0 radical (unpaired) electrons. The lowest BCUT2D eigenvalue weighted by molar-refractivity contribution is -0.113. The van der Waals surface area contributed by atoms with Crippen LogP contribution in [0.15, 0.2) is 101 Å². The highest BCUT2D eigenvalue weighted by Crippen LogP contribution is 2.52. The van der Waals surface area contributed by atoms with Crippen LogP contribution >= 0.6 is 15.9 Å². The fourth-order valence-corrected chi connectivity index (χ4v) is 5.27. The van der Waals surface area contributed by atoms with Crippen molar-refractivity contribution in [3.63, 3.8) is 0 Å². The fourth-order valence-electron chi connectivity index (χ4n) is 4.70. The summed E-state index contributed by atoms with van der Waals surface area (Å²) in [4.78, 5) is 12.9. The maximum Gasteiger partial charge on any atom is 0.163 e. The van der Waals surface area contributed by atoms with Gasteiger partial charge in [-0.05, 0) is 18.4 Å².